The molecular formula is C79H149NO10. The minimum atomic E-state index is -1.58. The summed E-state index contributed by atoms with van der Waals surface area (Å²) in [7, 11) is 0. The molecule has 1 heterocycles. The van der Waals surface area contributed by atoms with Crippen molar-refractivity contribution in [3.63, 3.8) is 0 Å². The summed E-state index contributed by atoms with van der Waals surface area (Å²) >= 11 is 0. The van der Waals surface area contributed by atoms with Gasteiger partial charge in [0.1, 0.15) is 24.4 Å². The van der Waals surface area contributed by atoms with Crippen LogP contribution in [0.3, 0.4) is 0 Å². The van der Waals surface area contributed by atoms with Crippen molar-refractivity contribution in [3.05, 3.63) is 36.5 Å². The molecule has 0 aliphatic carbocycles. The van der Waals surface area contributed by atoms with E-state index in [-0.39, 0.29) is 18.5 Å². The molecule has 0 aromatic heterocycles. The normalized spacial score (nSPS) is 17.8. The summed E-state index contributed by atoms with van der Waals surface area (Å²) in [5.41, 5.74) is 0. The number of ether oxygens (including phenoxy) is 3. The van der Waals surface area contributed by atoms with Crippen LogP contribution in [-0.4, -0.2) is 100 Å². The number of rotatable bonds is 70. The average Bonchev–Trinajstić information content (AvgIpc) is 2.63. The monoisotopic (exact) mass is 1270 g/mol. The summed E-state index contributed by atoms with van der Waals surface area (Å²) in [6, 6.07) is -0.831. The minimum absolute atomic E-state index is 0.0169. The number of unbranched alkanes of at least 4 members (excludes halogenated alkanes) is 52. The average molecular weight is 1270 g/mol. The molecule has 1 rings (SSSR count). The van der Waals surface area contributed by atoms with Crippen LogP contribution in [0.15, 0.2) is 36.5 Å². The Morgan fingerprint density at radius 2 is 0.722 bits per heavy atom. The van der Waals surface area contributed by atoms with E-state index in [0.29, 0.717) is 19.4 Å². The fraction of sp³-hybridized carbons (Fsp3) is 0.899. The van der Waals surface area contributed by atoms with E-state index in [0.717, 1.165) is 64.2 Å². The number of hydrogen-bond donors (Lipinski definition) is 6. The second-order valence-corrected chi connectivity index (χ2v) is 27.4. The number of hydrogen-bond acceptors (Lipinski definition) is 10. The highest BCUT2D eigenvalue weighted by atomic mass is 16.7. The lowest BCUT2D eigenvalue weighted by Gasteiger charge is -2.40. The third-order valence-electron chi connectivity index (χ3n) is 18.7. The quantitative estimate of drug-likeness (QED) is 0.0195. The predicted octanol–water partition coefficient (Wildman–Crippen LogP) is 20.9. The van der Waals surface area contributed by atoms with Gasteiger partial charge in [-0.15, -0.1) is 0 Å². The van der Waals surface area contributed by atoms with E-state index in [2.05, 4.69) is 43.5 Å². The molecule has 11 heteroatoms. The SMILES string of the molecule is CCCCCCC/C=C/CC/C=C/CC/C=C/C(O)C(COC1OC(CO)C(O)C(O)C1O)NC(=O)CCCCCCCCCCCCCCCCCCCCCCCCCCCCCCCCCCCCCOC(=O)CCCCCCCCCCCCCC. The molecule has 11 nitrogen and oxygen atoms in total. The zero-order valence-corrected chi connectivity index (χ0v) is 59.1. The number of esters is 1. The van der Waals surface area contributed by atoms with Gasteiger partial charge < -0.3 is 45.1 Å². The number of carbonyl (C=O) groups excluding carboxylic acids is 2. The van der Waals surface area contributed by atoms with Crippen LogP contribution < -0.4 is 5.32 Å². The number of aliphatic hydroxyl groups excluding tert-OH is 5. The van der Waals surface area contributed by atoms with Crippen molar-refractivity contribution in [2.75, 3.05) is 19.8 Å². The summed E-state index contributed by atoms with van der Waals surface area (Å²) < 4.78 is 16.8. The van der Waals surface area contributed by atoms with Crippen LogP contribution in [0.5, 0.6) is 0 Å². The number of carbonyl (C=O) groups is 2. The molecule has 7 unspecified atom stereocenters. The van der Waals surface area contributed by atoms with Crippen LogP contribution >= 0.6 is 0 Å². The van der Waals surface area contributed by atoms with Gasteiger partial charge in [-0.2, -0.15) is 0 Å². The van der Waals surface area contributed by atoms with E-state index in [9.17, 15) is 35.1 Å². The van der Waals surface area contributed by atoms with E-state index >= 15 is 0 Å². The van der Waals surface area contributed by atoms with Crippen molar-refractivity contribution in [3.8, 4) is 0 Å². The first-order chi connectivity index (χ1) is 44.2. The highest BCUT2D eigenvalue weighted by Gasteiger charge is 2.44. The smallest absolute Gasteiger partial charge is 0.305 e. The van der Waals surface area contributed by atoms with E-state index in [1.165, 1.54) is 302 Å². The predicted molar refractivity (Wildman–Crippen MR) is 380 cm³/mol. The maximum atomic E-state index is 13.1. The van der Waals surface area contributed by atoms with Crippen LogP contribution in [0.25, 0.3) is 0 Å². The molecule has 0 aromatic rings. The van der Waals surface area contributed by atoms with Crippen molar-refractivity contribution in [2.45, 2.75) is 436 Å². The fourth-order valence-electron chi connectivity index (χ4n) is 12.6. The van der Waals surface area contributed by atoms with Gasteiger partial charge >= 0.3 is 5.97 Å². The van der Waals surface area contributed by atoms with Crippen LogP contribution in [0.1, 0.15) is 393 Å². The molecule has 0 spiro atoms. The van der Waals surface area contributed by atoms with Crippen LogP contribution in [0, 0.1) is 0 Å². The Morgan fingerprint density at radius 3 is 1.10 bits per heavy atom. The molecule has 1 fully saturated rings. The van der Waals surface area contributed by atoms with Crippen molar-refractivity contribution >= 4 is 11.9 Å². The number of allylic oxidation sites excluding steroid dienone is 5. The van der Waals surface area contributed by atoms with Gasteiger partial charge in [0.2, 0.25) is 5.91 Å². The Morgan fingerprint density at radius 1 is 0.400 bits per heavy atom. The third kappa shape index (κ3) is 56.2. The lowest BCUT2D eigenvalue weighted by Crippen LogP contribution is -2.60. The zero-order valence-electron chi connectivity index (χ0n) is 59.1. The van der Waals surface area contributed by atoms with Crippen molar-refractivity contribution in [1.29, 1.82) is 0 Å². The van der Waals surface area contributed by atoms with E-state index < -0.39 is 49.5 Å². The molecule has 90 heavy (non-hydrogen) atoms. The Bertz CT molecular complexity index is 1590. The molecule has 0 saturated carbocycles. The molecule has 0 bridgehead atoms. The molecule has 530 valence electrons. The summed E-state index contributed by atoms with van der Waals surface area (Å²) in [4.78, 5) is 25.1. The first-order valence-corrected chi connectivity index (χ1v) is 39.3. The highest BCUT2D eigenvalue weighted by molar-refractivity contribution is 5.76. The molecule has 1 aliphatic heterocycles. The van der Waals surface area contributed by atoms with E-state index in [1.54, 1.807) is 6.08 Å². The molecule has 1 amide bonds. The second-order valence-electron chi connectivity index (χ2n) is 27.4. The second kappa shape index (κ2) is 68.3. The van der Waals surface area contributed by atoms with Crippen LogP contribution in [0.2, 0.25) is 0 Å². The first-order valence-electron chi connectivity index (χ1n) is 39.3. The van der Waals surface area contributed by atoms with E-state index in [4.69, 9.17) is 14.2 Å². The number of amides is 1. The molecular weight excluding hydrogens is 1120 g/mol. The molecule has 0 radical (unpaired) electrons. The van der Waals surface area contributed by atoms with Crippen molar-refractivity contribution < 1.29 is 49.3 Å². The molecule has 1 aliphatic rings. The third-order valence-corrected chi connectivity index (χ3v) is 18.7. The summed E-state index contributed by atoms with van der Waals surface area (Å²) in [6.45, 7) is 4.36. The minimum Gasteiger partial charge on any atom is -0.466 e. The molecule has 1 saturated heterocycles. The maximum Gasteiger partial charge on any atom is 0.305 e. The summed E-state index contributed by atoms with van der Waals surface area (Å²) in [6.07, 6.45) is 78.8. The Labute approximate surface area is 555 Å². The zero-order chi connectivity index (χ0) is 65.1. The van der Waals surface area contributed by atoms with Gasteiger partial charge in [-0.3, -0.25) is 9.59 Å². The number of aliphatic hydroxyl groups is 5. The van der Waals surface area contributed by atoms with Gasteiger partial charge in [0.25, 0.3) is 0 Å². The fourth-order valence-corrected chi connectivity index (χ4v) is 12.6. The largest absolute Gasteiger partial charge is 0.466 e. The van der Waals surface area contributed by atoms with E-state index in [1.807, 2.05) is 6.08 Å². The highest BCUT2D eigenvalue weighted by Crippen LogP contribution is 2.24. The summed E-state index contributed by atoms with van der Waals surface area (Å²) in [5.74, 6) is -0.172. The number of nitrogens with one attached hydrogen (secondary N) is 1. The lowest BCUT2D eigenvalue weighted by atomic mass is 9.99. The summed E-state index contributed by atoms with van der Waals surface area (Å²) in [5, 5.41) is 54.6. The maximum absolute atomic E-state index is 13.1. The van der Waals surface area contributed by atoms with Crippen LogP contribution in [0.4, 0.5) is 0 Å². The van der Waals surface area contributed by atoms with Gasteiger partial charge in [-0.05, 0) is 57.8 Å². The Balaban J connectivity index is 1.93. The van der Waals surface area contributed by atoms with Gasteiger partial charge in [-0.25, -0.2) is 0 Å². The Hall–Kier alpha value is -2.12. The molecule has 7 atom stereocenters. The standard InChI is InChI=1S/C79H149NO10/c1-3-5-7-9-11-13-15-17-39-42-45-49-53-57-61-65-72(82)71(70-89-79-78(87)77(86)76(85)73(69-81)90-79)80-74(83)66-62-58-54-50-46-43-40-37-35-33-31-29-27-25-23-21-19-18-20-22-24-26-28-30-32-34-36-38-41-44-48-52-56-60-64-68-88-75(84)67-63-59-55-51-47-16-14-12-10-8-6-4-2/h15,17,45,49,61,65,71-73,76-79,81-82,85-87H,3-14,16,18-44,46-48,50-60,62-64,66-70H2,1-2H3,(H,80,83)/b17-15+,49-45+,65-61+. The van der Waals surface area contributed by atoms with Crippen molar-refractivity contribution in [2.24, 2.45) is 0 Å². The van der Waals surface area contributed by atoms with Gasteiger partial charge in [0, 0.05) is 12.8 Å². The van der Waals surface area contributed by atoms with Gasteiger partial charge in [0.05, 0.1) is 32.0 Å². The topological polar surface area (TPSA) is 175 Å². The first kappa shape index (κ1) is 85.9. The van der Waals surface area contributed by atoms with Crippen molar-refractivity contribution in [1.82, 2.24) is 5.32 Å². The van der Waals surface area contributed by atoms with Crippen LogP contribution in [-0.2, 0) is 23.8 Å². The van der Waals surface area contributed by atoms with Gasteiger partial charge in [0.15, 0.2) is 6.29 Å². The Kier molecular flexibility index (Phi) is 65.2. The lowest BCUT2D eigenvalue weighted by molar-refractivity contribution is -0.302. The molecule has 0 aromatic carbocycles. The van der Waals surface area contributed by atoms with Gasteiger partial charge in [-0.1, -0.05) is 359 Å². The molecule has 6 N–H and O–H groups in total.